The van der Waals surface area contributed by atoms with Crippen LogP contribution >= 0.6 is 0 Å². The van der Waals surface area contributed by atoms with Crippen molar-refractivity contribution in [3.63, 3.8) is 0 Å². The first-order valence-electron chi connectivity index (χ1n) is 15.9. The Labute approximate surface area is 267 Å². The van der Waals surface area contributed by atoms with E-state index in [1.165, 1.54) is 65.7 Å². The number of hydrogen-bond acceptors (Lipinski definition) is 1. The van der Waals surface area contributed by atoms with E-state index in [2.05, 4.69) is 158 Å². The summed E-state index contributed by atoms with van der Waals surface area (Å²) in [4.78, 5) is 0. The van der Waals surface area contributed by atoms with Crippen LogP contribution in [0.2, 0.25) is 0 Å². The van der Waals surface area contributed by atoms with Crippen LogP contribution in [-0.4, -0.2) is 0 Å². The summed E-state index contributed by atoms with van der Waals surface area (Å²) in [5.41, 5.74) is 9.34. The minimum absolute atomic E-state index is 0.818. The van der Waals surface area contributed by atoms with Crippen molar-refractivity contribution in [1.29, 1.82) is 0 Å². The Morgan fingerprint density at radius 2 is 1.13 bits per heavy atom. The van der Waals surface area contributed by atoms with E-state index in [1.807, 2.05) is 12.1 Å². The van der Waals surface area contributed by atoms with Gasteiger partial charge in [-0.05, 0) is 90.3 Å². The fourth-order valence-electron chi connectivity index (χ4n) is 7.24. The third-order valence-corrected chi connectivity index (χ3v) is 9.35. The number of para-hydroxylation sites is 1. The topological polar surface area (TPSA) is 13.1 Å². The standard InChI is InChI=1S/C45H30O/c1-2-15-32(16-3-1)44-40-22-9-8-20-36(40)37(41-28-25-31-14-5-7-19-35(31)45(41)44)23-12-17-30-13-4-6-18-34(30)33-26-27-39-38-21-10-11-24-42(38)46-43(39)29-33/h1-16,18-29H,17H2/b23-12+. The molecule has 0 unspecified atom stereocenters. The van der Waals surface area contributed by atoms with E-state index < -0.39 is 0 Å². The maximum absolute atomic E-state index is 6.23. The summed E-state index contributed by atoms with van der Waals surface area (Å²) in [5, 5.41) is 9.98. The molecule has 0 spiro atoms. The number of allylic oxidation sites excluding steroid dienone is 1. The van der Waals surface area contributed by atoms with E-state index in [-0.39, 0.29) is 0 Å². The minimum Gasteiger partial charge on any atom is -0.456 e. The van der Waals surface area contributed by atoms with Gasteiger partial charge in [0.1, 0.15) is 11.2 Å². The van der Waals surface area contributed by atoms with Crippen molar-refractivity contribution in [2.75, 3.05) is 0 Å². The molecule has 0 fully saturated rings. The van der Waals surface area contributed by atoms with E-state index in [9.17, 15) is 0 Å². The molecule has 9 aromatic rings. The normalized spacial score (nSPS) is 11.9. The van der Waals surface area contributed by atoms with Crippen LogP contribution < -0.4 is 0 Å². The first-order chi connectivity index (χ1) is 22.8. The summed E-state index contributed by atoms with van der Waals surface area (Å²) in [6.07, 6.45) is 5.49. The van der Waals surface area contributed by atoms with E-state index in [4.69, 9.17) is 4.42 Å². The van der Waals surface area contributed by atoms with Crippen LogP contribution in [0.3, 0.4) is 0 Å². The molecule has 1 heterocycles. The van der Waals surface area contributed by atoms with Crippen LogP contribution in [0.15, 0.2) is 168 Å². The quantitative estimate of drug-likeness (QED) is 0.144. The molecule has 0 aliphatic heterocycles. The molecule has 0 saturated carbocycles. The highest BCUT2D eigenvalue weighted by atomic mass is 16.3. The van der Waals surface area contributed by atoms with Gasteiger partial charge >= 0.3 is 0 Å². The second-order valence-corrected chi connectivity index (χ2v) is 12.0. The van der Waals surface area contributed by atoms with Crippen molar-refractivity contribution in [3.05, 3.63) is 175 Å². The third kappa shape index (κ3) is 4.32. The van der Waals surface area contributed by atoms with Gasteiger partial charge in [0, 0.05) is 10.8 Å². The average Bonchev–Trinajstić information content (AvgIpc) is 3.50. The lowest BCUT2D eigenvalue weighted by Crippen LogP contribution is -1.92. The summed E-state index contributed by atoms with van der Waals surface area (Å²) in [5.74, 6) is 0. The molecule has 1 heteroatoms. The fourth-order valence-corrected chi connectivity index (χ4v) is 7.24. The molecule has 0 saturated heterocycles. The Bertz CT molecular complexity index is 2600. The average molecular weight is 587 g/mol. The molecule has 46 heavy (non-hydrogen) atoms. The van der Waals surface area contributed by atoms with Gasteiger partial charge in [0.05, 0.1) is 0 Å². The van der Waals surface area contributed by atoms with Crippen molar-refractivity contribution < 1.29 is 4.42 Å². The second kappa shape index (κ2) is 10.9. The molecule has 0 amide bonds. The number of rotatable bonds is 5. The van der Waals surface area contributed by atoms with E-state index >= 15 is 0 Å². The van der Waals surface area contributed by atoms with Gasteiger partial charge in [0.15, 0.2) is 0 Å². The summed E-state index contributed by atoms with van der Waals surface area (Å²) in [6, 6.07) is 56.6. The van der Waals surface area contributed by atoms with Gasteiger partial charge < -0.3 is 4.42 Å². The van der Waals surface area contributed by atoms with Crippen molar-refractivity contribution in [1.82, 2.24) is 0 Å². The van der Waals surface area contributed by atoms with Crippen molar-refractivity contribution >= 4 is 60.3 Å². The lowest BCUT2D eigenvalue weighted by molar-refractivity contribution is 0.669. The molecular weight excluding hydrogens is 556 g/mol. The highest BCUT2D eigenvalue weighted by Crippen LogP contribution is 2.43. The van der Waals surface area contributed by atoms with Gasteiger partial charge in [-0.2, -0.15) is 0 Å². The Kier molecular flexibility index (Phi) is 6.28. The lowest BCUT2D eigenvalue weighted by Gasteiger charge is -2.17. The first-order valence-corrected chi connectivity index (χ1v) is 15.9. The van der Waals surface area contributed by atoms with Crippen molar-refractivity contribution in [2.24, 2.45) is 0 Å². The van der Waals surface area contributed by atoms with Crippen LogP contribution in [0.5, 0.6) is 0 Å². The van der Waals surface area contributed by atoms with Gasteiger partial charge in [-0.1, -0.05) is 152 Å². The summed E-state index contributed by atoms with van der Waals surface area (Å²) >= 11 is 0. The highest BCUT2D eigenvalue weighted by Gasteiger charge is 2.16. The molecule has 216 valence electrons. The molecule has 0 aliphatic rings. The molecule has 0 atom stereocenters. The van der Waals surface area contributed by atoms with Gasteiger partial charge in [-0.3, -0.25) is 0 Å². The Morgan fingerprint density at radius 1 is 0.457 bits per heavy atom. The van der Waals surface area contributed by atoms with Crippen LogP contribution in [0, 0.1) is 0 Å². The summed E-state index contributed by atoms with van der Waals surface area (Å²) < 4.78 is 6.23. The zero-order valence-electron chi connectivity index (χ0n) is 25.3. The SMILES string of the molecule is C(=C\c1c2ccccc2c(-c2ccccc2)c2c1ccc1ccccc12)/Cc1ccccc1-c1ccc2c(c1)oc1ccccc12. The van der Waals surface area contributed by atoms with Gasteiger partial charge in [0.2, 0.25) is 0 Å². The molecule has 1 nitrogen and oxygen atoms in total. The molecule has 1 aromatic heterocycles. The smallest absolute Gasteiger partial charge is 0.136 e. The van der Waals surface area contributed by atoms with Crippen LogP contribution in [-0.2, 0) is 6.42 Å². The van der Waals surface area contributed by atoms with E-state index in [1.54, 1.807) is 0 Å². The predicted octanol–water partition coefficient (Wildman–Crippen LogP) is 12.6. The highest BCUT2D eigenvalue weighted by molar-refractivity contribution is 6.25. The summed E-state index contributed by atoms with van der Waals surface area (Å²) in [7, 11) is 0. The van der Waals surface area contributed by atoms with Crippen LogP contribution in [0.1, 0.15) is 11.1 Å². The minimum atomic E-state index is 0.818. The molecule has 0 N–H and O–H groups in total. The second-order valence-electron chi connectivity index (χ2n) is 12.0. The molecular formula is C45H30O. The van der Waals surface area contributed by atoms with E-state index in [0.717, 1.165) is 28.4 Å². The Morgan fingerprint density at radius 3 is 2.02 bits per heavy atom. The largest absolute Gasteiger partial charge is 0.456 e. The monoisotopic (exact) mass is 586 g/mol. The fraction of sp³-hybridized carbons (Fsp3) is 0.0222. The van der Waals surface area contributed by atoms with Crippen molar-refractivity contribution in [3.8, 4) is 22.3 Å². The van der Waals surface area contributed by atoms with Crippen molar-refractivity contribution in [2.45, 2.75) is 6.42 Å². The van der Waals surface area contributed by atoms with Gasteiger partial charge in [-0.25, -0.2) is 0 Å². The number of hydrogen-bond donors (Lipinski definition) is 0. The van der Waals surface area contributed by atoms with E-state index in [0.29, 0.717) is 0 Å². The zero-order valence-corrected chi connectivity index (χ0v) is 25.3. The predicted molar refractivity (Wildman–Crippen MR) is 196 cm³/mol. The number of furan rings is 1. The summed E-state index contributed by atoms with van der Waals surface area (Å²) in [6.45, 7) is 0. The molecule has 0 radical (unpaired) electrons. The Balaban J connectivity index is 1.18. The van der Waals surface area contributed by atoms with Gasteiger partial charge in [-0.15, -0.1) is 0 Å². The Hall–Kier alpha value is -5.92. The molecule has 8 aromatic carbocycles. The van der Waals surface area contributed by atoms with Gasteiger partial charge in [0.25, 0.3) is 0 Å². The first kappa shape index (κ1) is 26.5. The number of fused-ring (bicyclic) bond motifs is 7. The maximum Gasteiger partial charge on any atom is 0.136 e. The van der Waals surface area contributed by atoms with Crippen LogP contribution in [0.25, 0.3) is 82.6 Å². The number of benzene rings is 8. The maximum atomic E-state index is 6.23. The molecule has 9 rings (SSSR count). The van der Waals surface area contributed by atoms with Crippen LogP contribution in [0.4, 0.5) is 0 Å². The lowest BCUT2D eigenvalue weighted by atomic mass is 9.86. The molecule has 0 aliphatic carbocycles. The zero-order chi connectivity index (χ0) is 30.5. The molecule has 0 bridgehead atoms. The third-order valence-electron chi connectivity index (χ3n) is 9.35.